The average Bonchev–Trinajstić information content (AvgIpc) is 3.16. The average molecular weight is 521 g/mol. The Bertz CT molecular complexity index is 1350. The van der Waals surface area contributed by atoms with Crippen LogP contribution in [-0.2, 0) is 10.8 Å². The molecule has 3 aliphatic rings. The molecular formula is C32H37Cl2N2+. The van der Waals surface area contributed by atoms with E-state index in [1.807, 2.05) is 0 Å². The van der Waals surface area contributed by atoms with Crippen LogP contribution in [0.15, 0.2) is 94.7 Å². The maximum Gasteiger partial charge on any atom is 0.209 e. The van der Waals surface area contributed by atoms with Crippen molar-refractivity contribution in [2.45, 2.75) is 57.8 Å². The maximum absolute atomic E-state index is 7.01. The topological polar surface area (TPSA) is 6.25 Å². The van der Waals surface area contributed by atoms with Gasteiger partial charge >= 0.3 is 0 Å². The van der Waals surface area contributed by atoms with E-state index in [1.54, 1.807) is 0 Å². The minimum atomic E-state index is -0.0275. The standard InChI is InChI=1S/C32H36ClN2.ClH/c1-31(2)24-14-7-9-16-26(24)34(5)28(31)20-18-22-12-11-13-23(30(22)33)19-21-29-32(3,4)25-15-8-10-17-27(25)35(29)6;/h7-10,14-21H,11-13H2,1-6H3;1H/q+1;. The van der Waals surface area contributed by atoms with E-state index in [9.17, 15) is 0 Å². The predicted octanol–water partition coefficient (Wildman–Crippen LogP) is 8.59. The van der Waals surface area contributed by atoms with Crippen molar-refractivity contribution in [3.05, 3.63) is 106 Å². The molecule has 4 heteroatoms. The molecule has 0 aromatic heterocycles. The van der Waals surface area contributed by atoms with E-state index < -0.39 is 0 Å². The van der Waals surface area contributed by atoms with Gasteiger partial charge in [0.25, 0.3) is 0 Å². The molecule has 5 rings (SSSR count). The molecule has 0 unspecified atom stereocenters. The first kappa shape index (κ1) is 26.5. The molecule has 0 N–H and O–H groups in total. The summed E-state index contributed by atoms with van der Waals surface area (Å²) in [5.41, 5.74) is 10.4. The second kappa shape index (κ2) is 9.72. The van der Waals surface area contributed by atoms with E-state index in [2.05, 4.69) is 124 Å². The number of allylic oxidation sites excluding steroid dienone is 8. The lowest BCUT2D eigenvalue weighted by molar-refractivity contribution is -0.401. The third-order valence-electron chi connectivity index (χ3n) is 8.22. The molecule has 188 valence electrons. The maximum atomic E-state index is 7.01. The van der Waals surface area contributed by atoms with Gasteiger partial charge in [-0.1, -0.05) is 74.0 Å². The lowest BCUT2D eigenvalue weighted by Crippen LogP contribution is -2.26. The number of likely N-dealkylation sites (N-methyl/N-ethyl adjacent to an activating group) is 1. The van der Waals surface area contributed by atoms with Crippen LogP contribution in [0.3, 0.4) is 0 Å². The molecule has 0 radical (unpaired) electrons. The Morgan fingerprint density at radius 1 is 0.861 bits per heavy atom. The first-order valence-corrected chi connectivity index (χ1v) is 13.0. The van der Waals surface area contributed by atoms with Crippen molar-refractivity contribution in [3.8, 4) is 0 Å². The fraction of sp³-hybridized carbons (Fsp3) is 0.344. The number of benzene rings is 2. The molecule has 0 bridgehead atoms. The van der Waals surface area contributed by atoms with E-state index in [-0.39, 0.29) is 23.2 Å². The highest BCUT2D eigenvalue weighted by molar-refractivity contribution is 6.32. The van der Waals surface area contributed by atoms with Gasteiger partial charge in [0.05, 0.1) is 5.41 Å². The van der Waals surface area contributed by atoms with Crippen LogP contribution in [-0.4, -0.2) is 24.4 Å². The quantitative estimate of drug-likeness (QED) is 0.368. The second-order valence-corrected chi connectivity index (χ2v) is 11.4. The number of hydrogen-bond donors (Lipinski definition) is 0. The van der Waals surface area contributed by atoms with E-state index in [4.69, 9.17) is 11.6 Å². The fourth-order valence-electron chi connectivity index (χ4n) is 6.17. The van der Waals surface area contributed by atoms with Gasteiger partial charge in [0.2, 0.25) is 5.69 Å². The van der Waals surface area contributed by atoms with E-state index >= 15 is 0 Å². The van der Waals surface area contributed by atoms with E-state index in [1.165, 1.54) is 45.1 Å². The molecule has 2 aromatic rings. The van der Waals surface area contributed by atoms with Crippen LogP contribution in [0, 0.1) is 0 Å². The van der Waals surface area contributed by atoms with Gasteiger partial charge in [-0.05, 0) is 62.0 Å². The Kier molecular flexibility index (Phi) is 7.16. The summed E-state index contributed by atoms with van der Waals surface area (Å²) < 4.78 is 2.32. The molecule has 0 saturated carbocycles. The van der Waals surface area contributed by atoms with Crippen molar-refractivity contribution in [2.75, 3.05) is 19.0 Å². The van der Waals surface area contributed by atoms with Crippen molar-refractivity contribution in [1.82, 2.24) is 0 Å². The Labute approximate surface area is 227 Å². The molecular weight excluding hydrogens is 483 g/mol. The molecule has 0 fully saturated rings. The normalized spacial score (nSPS) is 22.5. The van der Waals surface area contributed by atoms with Crippen molar-refractivity contribution in [2.24, 2.45) is 0 Å². The molecule has 36 heavy (non-hydrogen) atoms. The lowest BCUT2D eigenvalue weighted by Gasteiger charge is -2.24. The minimum absolute atomic E-state index is 0. The van der Waals surface area contributed by atoms with Crippen LogP contribution >= 0.6 is 24.0 Å². The summed E-state index contributed by atoms with van der Waals surface area (Å²) in [6.45, 7) is 9.23. The zero-order chi connectivity index (χ0) is 25.0. The lowest BCUT2D eigenvalue weighted by atomic mass is 9.81. The molecule has 1 aliphatic carbocycles. The van der Waals surface area contributed by atoms with Gasteiger partial charge in [0, 0.05) is 46.6 Å². The van der Waals surface area contributed by atoms with Gasteiger partial charge in [-0.3, -0.25) is 0 Å². The third kappa shape index (κ3) is 4.19. The summed E-state index contributed by atoms with van der Waals surface area (Å²) in [7, 11) is 4.33. The number of hydrogen-bond acceptors (Lipinski definition) is 1. The van der Waals surface area contributed by atoms with Gasteiger partial charge < -0.3 is 4.90 Å². The van der Waals surface area contributed by atoms with Crippen LogP contribution in [0.4, 0.5) is 11.4 Å². The molecule has 0 atom stereocenters. The Hall–Kier alpha value is -2.55. The third-order valence-corrected chi connectivity index (χ3v) is 8.71. The number of rotatable bonds is 3. The number of para-hydroxylation sites is 2. The smallest absolute Gasteiger partial charge is 0.209 e. The second-order valence-electron chi connectivity index (χ2n) is 11.1. The van der Waals surface area contributed by atoms with E-state index in [0.717, 1.165) is 24.3 Å². The van der Waals surface area contributed by atoms with E-state index in [0.29, 0.717) is 0 Å². The zero-order valence-electron chi connectivity index (χ0n) is 22.2. The predicted molar refractivity (Wildman–Crippen MR) is 157 cm³/mol. The highest BCUT2D eigenvalue weighted by atomic mass is 35.5. The van der Waals surface area contributed by atoms with Gasteiger partial charge in [0.1, 0.15) is 7.05 Å². The highest BCUT2D eigenvalue weighted by Crippen LogP contribution is 2.47. The highest BCUT2D eigenvalue weighted by Gasteiger charge is 2.42. The number of nitrogens with zero attached hydrogens (tertiary/aromatic N) is 2. The zero-order valence-corrected chi connectivity index (χ0v) is 23.8. The van der Waals surface area contributed by atoms with Crippen LogP contribution < -0.4 is 4.90 Å². The van der Waals surface area contributed by atoms with Crippen LogP contribution in [0.25, 0.3) is 0 Å². The van der Waals surface area contributed by atoms with Crippen LogP contribution in [0.5, 0.6) is 0 Å². The molecule has 2 nitrogen and oxygen atoms in total. The molecule has 2 aliphatic heterocycles. The summed E-state index contributed by atoms with van der Waals surface area (Å²) >= 11 is 7.01. The summed E-state index contributed by atoms with van der Waals surface area (Å²) in [5.74, 6) is 0. The van der Waals surface area contributed by atoms with Gasteiger partial charge in [-0.25, -0.2) is 0 Å². The molecule has 2 heterocycles. The molecule has 2 aromatic carbocycles. The number of anilines is 1. The first-order valence-electron chi connectivity index (χ1n) is 12.7. The molecule has 0 saturated heterocycles. The molecule has 0 amide bonds. The summed E-state index contributed by atoms with van der Waals surface area (Å²) in [6.07, 6.45) is 12.2. The first-order chi connectivity index (χ1) is 16.6. The Morgan fingerprint density at radius 3 is 2.22 bits per heavy atom. The van der Waals surface area contributed by atoms with Gasteiger partial charge in [-0.2, -0.15) is 4.58 Å². The van der Waals surface area contributed by atoms with Crippen molar-refractivity contribution in [3.63, 3.8) is 0 Å². The summed E-state index contributed by atoms with van der Waals surface area (Å²) in [6, 6.07) is 17.4. The van der Waals surface area contributed by atoms with Crippen molar-refractivity contribution < 1.29 is 4.58 Å². The summed E-state index contributed by atoms with van der Waals surface area (Å²) in [5, 5.41) is 0.914. The van der Waals surface area contributed by atoms with Gasteiger partial charge in [-0.15, -0.1) is 12.4 Å². The minimum Gasteiger partial charge on any atom is -0.347 e. The molecule has 0 spiro atoms. The van der Waals surface area contributed by atoms with Gasteiger partial charge in [0.15, 0.2) is 5.71 Å². The van der Waals surface area contributed by atoms with Crippen molar-refractivity contribution in [1.29, 1.82) is 0 Å². The number of fused-ring (bicyclic) bond motifs is 2. The monoisotopic (exact) mass is 519 g/mol. The Morgan fingerprint density at radius 2 is 1.53 bits per heavy atom. The summed E-state index contributed by atoms with van der Waals surface area (Å²) in [4.78, 5) is 2.32. The fourth-order valence-corrected chi connectivity index (χ4v) is 6.49. The van der Waals surface area contributed by atoms with Crippen molar-refractivity contribution >= 4 is 41.1 Å². The van der Waals surface area contributed by atoms with Crippen LogP contribution in [0.2, 0.25) is 0 Å². The number of halogens is 2. The Balaban J connectivity index is 0.00000304. The largest absolute Gasteiger partial charge is 0.347 e. The van der Waals surface area contributed by atoms with Crippen LogP contribution in [0.1, 0.15) is 58.1 Å². The SMILES string of the molecule is CN1/C(=C\C=C2/CCCC(/C=C/C3=[N+](C)c4ccccc4C3(C)C)=C2Cl)C(C)(C)c2ccccc21.Cl.